The zero-order valence-electron chi connectivity index (χ0n) is 16.3. The van der Waals surface area contributed by atoms with Gasteiger partial charge < -0.3 is 0 Å². The fourth-order valence-electron chi connectivity index (χ4n) is 3.10. The fourth-order valence-corrected chi connectivity index (χ4v) is 20.0. The Morgan fingerprint density at radius 2 is 1.27 bits per heavy atom. The average Bonchev–Trinajstić information content (AvgIpc) is 2.47. The summed E-state index contributed by atoms with van der Waals surface area (Å²) in [5.41, 5.74) is 3.62. The first-order chi connectivity index (χ1) is 10.3. The summed E-state index contributed by atoms with van der Waals surface area (Å²) in [6.45, 7) is 14.0. The topological polar surface area (TPSA) is 9.23 Å². The SMILES string of the molecule is CCC[CH2][Sn]([CH2]CCC)([CH2]CCC)[CH](C#C[Si](C)(C)C)OC. The fraction of sp³-hybridized carbons (Fsp3) is 0.895. The van der Waals surface area contributed by atoms with Crippen LogP contribution in [-0.2, 0) is 4.74 Å². The molecule has 130 valence electrons. The predicted molar refractivity (Wildman–Crippen MR) is 107 cm³/mol. The van der Waals surface area contributed by atoms with E-state index in [1.165, 1.54) is 51.8 Å². The Labute approximate surface area is 145 Å². The Hall–Kier alpha value is 0.536. The molecule has 0 N–H and O–H groups in total. The van der Waals surface area contributed by atoms with Crippen LogP contribution in [0.5, 0.6) is 0 Å². The van der Waals surface area contributed by atoms with Gasteiger partial charge in [0.2, 0.25) is 0 Å². The zero-order valence-corrected chi connectivity index (χ0v) is 20.2. The van der Waals surface area contributed by atoms with Crippen molar-refractivity contribution < 1.29 is 4.74 Å². The molecule has 1 atom stereocenters. The summed E-state index contributed by atoms with van der Waals surface area (Å²) in [4.78, 5) is 0. The van der Waals surface area contributed by atoms with E-state index in [1.54, 1.807) is 0 Å². The Morgan fingerprint density at radius 3 is 1.55 bits per heavy atom. The van der Waals surface area contributed by atoms with Crippen molar-refractivity contribution in [2.24, 2.45) is 0 Å². The van der Waals surface area contributed by atoms with Gasteiger partial charge in [-0.05, 0) is 0 Å². The molecule has 0 aromatic rings. The van der Waals surface area contributed by atoms with Crippen LogP contribution >= 0.6 is 0 Å². The molecule has 0 radical (unpaired) electrons. The Morgan fingerprint density at radius 1 is 0.864 bits per heavy atom. The summed E-state index contributed by atoms with van der Waals surface area (Å²) >= 11 is -2.35. The molecule has 0 bridgehead atoms. The van der Waals surface area contributed by atoms with Crippen LogP contribution < -0.4 is 0 Å². The van der Waals surface area contributed by atoms with Crippen molar-refractivity contribution in [1.82, 2.24) is 0 Å². The Bertz CT molecular complexity index is 316. The summed E-state index contributed by atoms with van der Waals surface area (Å²) in [6.07, 6.45) is 8.10. The average molecular weight is 431 g/mol. The Balaban J connectivity index is 5.42. The molecule has 0 fully saturated rings. The molecule has 0 rings (SSSR count). The van der Waals surface area contributed by atoms with Gasteiger partial charge in [0.25, 0.3) is 0 Å². The number of methoxy groups -OCH3 is 1. The molecule has 0 spiro atoms. The maximum atomic E-state index is 6.04. The molecule has 0 saturated heterocycles. The van der Waals surface area contributed by atoms with Crippen LogP contribution in [0.4, 0.5) is 0 Å². The van der Waals surface area contributed by atoms with Crippen LogP contribution in [0.1, 0.15) is 59.3 Å². The van der Waals surface area contributed by atoms with Crippen molar-refractivity contribution in [2.75, 3.05) is 7.11 Å². The Kier molecular flexibility index (Phi) is 12.3. The zero-order chi connectivity index (χ0) is 17.1. The van der Waals surface area contributed by atoms with Crippen LogP contribution in [0.15, 0.2) is 0 Å². The van der Waals surface area contributed by atoms with Crippen molar-refractivity contribution in [3.05, 3.63) is 0 Å². The van der Waals surface area contributed by atoms with Crippen molar-refractivity contribution >= 4 is 26.5 Å². The first-order valence-corrected chi connectivity index (χ1v) is 20.6. The number of rotatable bonds is 11. The maximum absolute atomic E-state index is 6.04. The van der Waals surface area contributed by atoms with Gasteiger partial charge in [0, 0.05) is 0 Å². The van der Waals surface area contributed by atoms with E-state index in [2.05, 4.69) is 51.9 Å². The van der Waals surface area contributed by atoms with Crippen molar-refractivity contribution in [3.8, 4) is 11.5 Å². The summed E-state index contributed by atoms with van der Waals surface area (Å²) in [5, 5.41) is 0. The van der Waals surface area contributed by atoms with Gasteiger partial charge >= 0.3 is 146 Å². The minimum absolute atomic E-state index is 0.325. The molecule has 0 aliphatic rings. The molecule has 22 heavy (non-hydrogen) atoms. The summed E-state index contributed by atoms with van der Waals surface area (Å²) in [6, 6.07) is 0. The summed E-state index contributed by atoms with van der Waals surface area (Å²) in [7, 11) is 0.599. The minimum atomic E-state index is -2.35. The van der Waals surface area contributed by atoms with E-state index in [1.807, 2.05) is 7.11 Å². The van der Waals surface area contributed by atoms with Crippen LogP contribution in [0.25, 0.3) is 0 Å². The third-order valence-corrected chi connectivity index (χ3v) is 21.2. The third-order valence-electron chi connectivity index (χ3n) is 4.45. The van der Waals surface area contributed by atoms with E-state index in [0.717, 1.165) is 0 Å². The van der Waals surface area contributed by atoms with Crippen molar-refractivity contribution in [3.63, 3.8) is 0 Å². The number of unbranched alkanes of at least 4 members (excludes halogenated alkanes) is 3. The van der Waals surface area contributed by atoms with Crippen LogP contribution in [-0.4, -0.2) is 37.7 Å². The van der Waals surface area contributed by atoms with E-state index in [0.29, 0.717) is 4.12 Å². The van der Waals surface area contributed by atoms with Gasteiger partial charge in [0.15, 0.2) is 0 Å². The summed E-state index contributed by atoms with van der Waals surface area (Å²) in [5.74, 6) is 3.66. The molecule has 0 aliphatic heterocycles. The number of hydrogen-bond acceptors (Lipinski definition) is 1. The van der Waals surface area contributed by atoms with Gasteiger partial charge in [-0.1, -0.05) is 0 Å². The number of ether oxygens (including phenoxy) is 1. The van der Waals surface area contributed by atoms with Gasteiger partial charge in [0.05, 0.1) is 0 Å². The molecule has 0 aromatic carbocycles. The second-order valence-electron chi connectivity index (χ2n) is 7.81. The molecule has 1 unspecified atom stereocenters. The van der Waals surface area contributed by atoms with E-state index in [4.69, 9.17) is 4.74 Å². The first kappa shape index (κ1) is 22.5. The molecule has 0 amide bonds. The van der Waals surface area contributed by atoms with Gasteiger partial charge in [-0.2, -0.15) is 0 Å². The first-order valence-electron chi connectivity index (χ1n) is 9.40. The van der Waals surface area contributed by atoms with Crippen molar-refractivity contribution in [1.29, 1.82) is 0 Å². The third kappa shape index (κ3) is 8.98. The molecular weight excluding hydrogens is 391 g/mol. The quantitative estimate of drug-likeness (QED) is 0.277. The molecule has 1 nitrogen and oxygen atoms in total. The van der Waals surface area contributed by atoms with Gasteiger partial charge in [-0.3, -0.25) is 0 Å². The monoisotopic (exact) mass is 432 g/mol. The number of hydrogen-bond donors (Lipinski definition) is 0. The second-order valence-corrected chi connectivity index (χ2v) is 26.1. The molecule has 0 aromatic heterocycles. The van der Waals surface area contributed by atoms with Crippen LogP contribution in [0.2, 0.25) is 33.0 Å². The molecular formula is C19H40OSiSn. The van der Waals surface area contributed by atoms with Crippen molar-refractivity contribution in [2.45, 2.75) is 96.4 Å². The van der Waals surface area contributed by atoms with E-state index in [-0.39, 0.29) is 0 Å². The molecule has 3 heteroatoms. The normalized spacial score (nSPS) is 13.6. The molecule has 0 saturated carbocycles. The molecule has 0 heterocycles. The van der Waals surface area contributed by atoms with E-state index < -0.39 is 26.5 Å². The predicted octanol–water partition coefficient (Wildman–Crippen LogP) is 6.27. The standard InChI is InChI=1S/C7H13OSi.3C4H9.Sn/c1-8-6-5-7-9(2,3)4;3*1-3-4-2;/h6H,1-4H3;3*1,3-4H2,2H3;. The van der Waals surface area contributed by atoms with Crippen LogP contribution in [0, 0.1) is 11.5 Å². The van der Waals surface area contributed by atoms with E-state index >= 15 is 0 Å². The molecule has 0 aliphatic carbocycles. The summed E-state index contributed by atoms with van der Waals surface area (Å²) < 4.78 is 10.8. The second kappa shape index (κ2) is 12.0. The van der Waals surface area contributed by atoms with Gasteiger partial charge in [0.1, 0.15) is 0 Å². The van der Waals surface area contributed by atoms with Crippen LogP contribution in [0.3, 0.4) is 0 Å². The van der Waals surface area contributed by atoms with Gasteiger partial charge in [-0.15, -0.1) is 0 Å². The van der Waals surface area contributed by atoms with Gasteiger partial charge in [-0.25, -0.2) is 0 Å². The van der Waals surface area contributed by atoms with E-state index in [9.17, 15) is 0 Å².